The smallest absolute Gasteiger partial charge is 0.335 e. The van der Waals surface area contributed by atoms with E-state index in [9.17, 15) is 13.2 Å². The van der Waals surface area contributed by atoms with Crippen molar-refractivity contribution in [3.63, 3.8) is 0 Å². The van der Waals surface area contributed by atoms with Gasteiger partial charge in [-0.1, -0.05) is 13.0 Å². The van der Waals surface area contributed by atoms with Crippen LogP contribution in [-0.4, -0.2) is 50.6 Å². The molecule has 0 aliphatic carbocycles. The lowest BCUT2D eigenvalue weighted by molar-refractivity contribution is 0.0696. The summed E-state index contributed by atoms with van der Waals surface area (Å²) in [6, 6.07) is 4.09. The third kappa shape index (κ3) is 3.56. The van der Waals surface area contributed by atoms with Crippen molar-refractivity contribution in [2.45, 2.75) is 18.7 Å². The molecule has 7 heteroatoms. The first-order chi connectivity index (χ1) is 9.34. The number of carboxylic acids is 1. The molecule has 6 nitrogen and oxygen atoms in total. The molecule has 0 unspecified atom stereocenters. The molecule has 1 N–H and O–H groups in total. The molecule has 1 rings (SSSR count). The zero-order valence-electron chi connectivity index (χ0n) is 11.8. The number of ether oxygens (including phenoxy) is 1. The molecule has 0 aliphatic heterocycles. The summed E-state index contributed by atoms with van der Waals surface area (Å²) in [4.78, 5) is 11.0. The van der Waals surface area contributed by atoms with Gasteiger partial charge < -0.3 is 9.84 Å². The van der Waals surface area contributed by atoms with Crippen molar-refractivity contribution in [3.05, 3.63) is 29.3 Å². The number of carboxylic acid groups (broad SMARTS) is 1. The van der Waals surface area contributed by atoms with Crippen LogP contribution in [0.2, 0.25) is 0 Å². The number of nitrogens with zero attached hydrogens (tertiary/aromatic N) is 1. The highest BCUT2D eigenvalue weighted by Crippen LogP contribution is 2.21. The number of carbonyl (C=O) groups is 1. The van der Waals surface area contributed by atoms with Gasteiger partial charge >= 0.3 is 5.97 Å². The number of sulfonamides is 1. The molecule has 112 valence electrons. The van der Waals surface area contributed by atoms with Gasteiger partial charge in [0.05, 0.1) is 17.1 Å². The van der Waals surface area contributed by atoms with E-state index in [2.05, 4.69) is 0 Å². The highest BCUT2D eigenvalue weighted by Gasteiger charge is 2.25. The van der Waals surface area contributed by atoms with Crippen molar-refractivity contribution >= 4 is 16.0 Å². The van der Waals surface area contributed by atoms with Crippen LogP contribution in [0.5, 0.6) is 0 Å². The minimum Gasteiger partial charge on any atom is -0.478 e. The van der Waals surface area contributed by atoms with Crippen molar-refractivity contribution in [2.24, 2.45) is 0 Å². The van der Waals surface area contributed by atoms with E-state index in [1.54, 1.807) is 13.8 Å². The Balaban J connectivity index is 3.26. The Morgan fingerprint density at radius 1 is 1.40 bits per heavy atom. The number of methoxy groups -OCH3 is 1. The van der Waals surface area contributed by atoms with Crippen LogP contribution in [0, 0.1) is 6.92 Å². The minimum atomic E-state index is -3.72. The third-order valence-corrected chi connectivity index (χ3v) is 5.07. The molecule has 20 heavy (non-hydrogen) atoms. The Morgan fingerprint density at radius 3 is 2.55 bits per heavy atom. The monoisotopic (exact) mass is 301 g/mol. The van der Waals surface area contributed by atoms with Crippen molar-refractivity contribution in [2.75, 3.05) is 26.8 Å². The second-order valence-electron chi connectivity index (χ2n) is 4.27. The Hall–Kier alpha value is -1.44. The predicted octanol–water partition coefficient (Wildman–Crippen LogP) is 1.35. The van der Waals surface area contributed by atoms with E-state index in [0.29, 0.717) is 12.1 Å². The number of hydrogen-bond donors (Lipinski definition) is 1. The molecule has 0 aliphatic rings. The average Bonchev–Trinajstić information content (AvgIpc) is 2.39. The van der Waals surface area contributed by atoms with E-state index in [-0.39, 0.29) is 23.6 Å². The molecule has 0 spiro atoms. The maximum Gasteiger partial charge on any atom is 0.335 e. The highest BCUT2D eigenvalue weighted by atomic mass is 32.2. The summed E-state index contributed by atoms with van der Waals surface area (Å²) in [6.07, 6.45) is 0. The van der Waals surface area contributed by atoms with E-state index in [4.69, 9.17) is 9.84 Å². The normalized spacial score (nSPS) is 11.8. The van der Waals surface area contributed by atoms with E-state index in [0.717, 1.165) is 0 Å². The van der Waals surface area contributed by atoms with Crippen LogP contribution in [-0.2, 0) is 14.8 Å². The molecule has 0 aromatic heterocycles. The first kappa shape index (κ1) is 16.6. The van der Waals surface area contributed by atoms with Crippen molar-refractivity contribution in [3.8, 4) is 0 Å². The molecule has 0 radical (unpaired) electrons. The Morgan fingerprint density at radius 2 is 2.05 bits per heavy atom. The lowest BCUT2D eigenvalue weighted by atomic mass is 10.1. The van der Waals surface area contributed by atoms with Crippen LogP contribution >= 0.6 is 0 Å². The van der Waals surface area contributed by atoms with Gasteiger partial charge in [-0.25, -0.2) is 13.2 Å². The van der Waals surface area contributed by atoms with Crippen LogP contribution in [0.1, 0.15) is 22.8 Å². The quantitative estimate of drug-likeness (QED) is 0.822. The predicted molar refractivity (Wildman–Crippen MR) is 74.4 cm³/mol. The average molecular weight is 301 g/mol. The van der Waals surface area contributed by atoms with Gasteiger partial charge in [0, 0.05) is 20.2 Å². The molecular formula is C13H19NO5S. The van der Waals surface area contributed by atoms with Crippen LogP contribution in [0.15, 0.2) is 23.1 Å². The molecular weight excluding hydrogens is 282 g/mol. The molecule has 0 saturated heterocycles. The lowest BCUT2D eigenvalue weighted by Crippen LogP contribution is -2.34. The summed E-state index contributed by atoms with van der Waals surface area (Å²) in [7, 11) is -2.22. The molecule has 0 atom stereocenters. The summed E-state index contributed by atoms with van der Waals surface area (Å²) in [5, 5.41) is 8.97. The first-order valence-electron chi connectivity index (χ1n) is 6.17. The van der Waals surface area contributed by atoms with E-state index in [1.165, 1.54) is 29.6 Å². The maximum absolute atomic E-state index is 12.5. The van der Waals surface area contributed by atoms with Gasteiger partial charge in [-0.2, -0.15) is 4.31 Å². The minimum absolute atomic E-state index is 0.0235. The van der Waals surface area contributed by atoms with Gasteiger partial charge in [0.1, 0.15) is 0 Å². The third-order valence-electron chi connectivity index (χ3n) is 2.95. The fraction of sp³-hybridized carbons (Fsp3) is 0.462. The van der Waals surface area contributed by atoms with Gasteiger partial charge in [0.25, 0.3) is 0 Å². The van der Waals surface area contributed by atoms with Crippen molar-refractivity contribution in [1.82, 2.24) is 4.31 Å². The Labute approximate surface area is 119 Å². The number of hydrogen-bond acceptors (Lipinski definition) is 4. The van der Waals surface area contributed by atoms with Crippen LogP contribution in [0.25, 0.3) is 0 Å². The van der Waals surface area contributed by atoms with Gasteiger partial charge in [0.15, 0.2) is 0 Å². The van der Waals surface area contributed by atoms with E-state index in [1.807, 2.05) is 0 Å². The maximum atomic E-state index is 12.5. The molecule has 0 fully saturated rings. The zero-order chi connectivity index (χ0) is 15.3. The summed E-state index contributed by atoms with van der Waals surface area (Å²) >= 11 is 0. The number of rotatable bonds is 7. The lowest BCUT2D eigenvalue weighted by Gasteiger charge is -2.21. The fourth-order valence-electron chi connectivity index (χ4n) is 1.79. The molecule has 0 amide bonds. The SMILES string of the molecule is CCN(CCOC)S(=O)(=O)c1cc(C(=O)O)ccc1C. The van der Waals surface area contributed by atoms with E-state index < -0.39 is 16.0 Å². The van der Waals surface area contributed by atoms with Gasteiger partial charge in [-0.15, -0.1) is 0 Å². The molecule has 0 heterocycles. The molecule has 0 bridgehead atoms. The second-order valence-corrected chi connectivity index (χ2v) is 6.18. The van der Waals surface area contributed by atoms with Gasteiger partial charge in [-0.3, -0.25) is 0 Å². The van der Waals surface area contributed by atoms with Crippen molar-refractivity contribution < 1.29 is 23.1 Å². The summed E-state index contributed by atoms with van der Waals surface area (Å²) in [6.45, 7) is 4.17. The fourth-order valence-corrected chi connectivity index (χ4v) is 3.48. The largest absolute Gasteiger partial charge is 0.478 e. The van der Waals surface area contributed by atoms with Crippen LogP contribution < -0.4 is 0 Å². The number of benzene rings is 1. The topological polar surface area (TPSA) is 83.9 Å². The Kier molecular flexibility index (Phi) is 5.67. The number of likely N-dealkylation sites (N-methyl/N-ethyl adjacent to an activating group) is 1. The number of aromatic carboxylic acids is 1. The van der Waals surface area contributed by atoms with Gasteiger partial charge in [-0.05, 0) is 24.6 Å². The van der Waals surface area contributed by atoms with Crippen molar-refractivity contribution in [1.29, 1.82) is 0 Å². The standard InChI is InChI=1S/C13H19NO5S/c1-4-14(7-8-19-3)20(17,18)12-9-11(13(15)16)6-5-10(12)2/h5-6,9H,4,7-8H2,1-3H3,(H,15,16). The van der Waals surface area contributed by atoms with Crippen LogP contribution in [0.4, 0.5) is 0 Å². The summed E-state index contributed by atoms with van der Waals surface area (Å²) < 4.78 is 31.3. The van der Waals surface area contributed by atoms with Crippen LogP contribution in [0.3, 0.4) is 0 Å². The molecule has 1 aromatic carbocycles. The molecule has 0 saturated carbocycles. The first-order valence-corrected chi connectivity index (χ1v) is 7.61. The summed E-state index contributed by atoms with van der Waals surface area (Å²) in [5.41, 5.74) is 0.475. The second kappa shape index (κ2) is 6.83. The Bertz CT molecular complexity index is 582. The highest BCUT2D eigenvalue weighted by molar-refractivity contribution is 7.89. The number of aryl methyl sites for hydroxylation is 1. The zero-order valence-corrected chi connectivity index (χ0v) is 12.6. The molecule has 1 aromatic rings. The van der Waals surface area contributed by atoms with E-state index >= 15 is 0 Å². The van der Waals surface area contributed by atoms with Gasteiger partial charge in [0.2, 0.25) is 10.0 Å². The summed E-state index contributed by atoms with van der Waals surface area (Å²) in [5.74, 6) is -1.15.